The third-order valence-corrected chi connectivity index (χ3v) is 5.06. The number of carbonyl (C=O) groups excluding carboxylic acids is 1. The fourth-order valence-electron chi connectivity index (χ4n) is 3.10. The summed E-state index contributed by atoms with van der Waals surface area (Å²) < 4.78 is 5.86. The molecular weight excluding hydrogens is 336 g/mol. The molecule has 2 N–H and O–H groups in total. The molecule has 0 aliphatic carbocycles. The lowest BCUT2D eigenvalue weighted by atomic mass is 10.0. The average molecular weight is 372 g/mol. The first-order valence-corrected chi connectivity index (χ1v) is 10.1. The highest BCUT2D eigenvalue weighted by molar-refractivity contribution is 5.91. The second-order valence-corrected chi connectivity index (χ2v) is 8.36. The Balaban J connectivity index is 2.03. The average Bonchev–Trinajstić information content (AvgIpc) is 3.08. The standard InChI is InChI=1S/C23H34N2O2/c1-6-7-10-15-24-22(26)21-14-13-20(27-21)17-25(23(3,4)5)16-19-12-9-8-11-18(19)2/h8-9,11-14H,6-7,10,15-17H2,1-5H3,(H,24,26)/p+1. The molecule has 0 fully saturated rings. The zero-order chi connectivity index (χ0) is 19.9. The van der Waals surface area contributed by atoms with Crippen molar-refractivity contribution in [3.63, 3.8) is 0 Å². The van der Waals surface area contributed by atoms with Gasteiger partial charge in [0.05, 0.1) is 5.54 Å². The molecule has 2 aromatic rings. The predicted molar refractivity (Wildman–Crippen MR) is 110 cm³/mol. The zero-order valence-electron chi connectivity index (χ0n) is 17.5. The molecule has 4 nitrogen and oxygen atoms in total. The van der Waals surface area contributed by atoms with Gasteiger partial charge in [0.15, 0.2) is 11.5 Å². The molecular formula is C23H35N2O2+. The number of benzene rings is 1. The molecule has 1 heterocycles. The van der Waals surface area contributed by atoms with E-state index in [0.717, 1.165) is 38.1 Å². The van der Waals surface area contributed by atoms with E-state index in [9.17, 15) is 4.79 Å². The Bertz CT molecular complexity index is 728. The molecule has 4 heteroatoms. The Kier molecular flexibility index (Phi) is 7.66. The summed E-state index contributed by atoms with van der Waals surface area (Å²) in [5.41, 5.74) is 2.73. The maximum Gasteiger partial charge on any atom is 0.286 e. The van der Waals surface area contributed by atoms with Gasteiger partial charge < -0.3 is 14.6 Å². The van der Waals surface area contributed by atoms with Crippen LogP contribution in [0.25, 0.3) is 0 Å². The first-order chi connectivity index (χ1) is 12.8. The maximum atomic E-state index is 12.2. The van der Waals surface area contributed by atoms with Crippen molar-refractivity contribution in [1.29, 1.82) is 0 Å². The highest BCUT2D eigenvalue weighted by Gasteiger charge is 2.27. The summed E-state index contributed by atoms with van der Waals surface area (Å²) in [6.45, 7) is 13.4. The van der Waals surface area contributed by atoms with Gasteiger partial charge in [0.1, 0.15) is 13.1 Å². The molecule has 1 atom stereocenters. The van der Waals surface area contributed by atoms with E-state index >= 15 is 0 Å². The van der Waals surface area contributed by atoms with Crippen LogP contribution in [0.4, 0.5) is 0 Å². The van der Waals surface area contributed by atoms with E-state index in [-0.39, 0.29) is 11.4 Å². The van der Waals surface area contributed by atoms with Crippen molar-refractivity contribution in [2.75, 3.05) is 6.54 Å². The van der Waals surface area contributed by atoms with E-state index in [1.807, 2.05) is 6.07 Å². The first kappa shape index (κ1) is 21.2. The van der Waals surface area contributed by atoms with E-state index in [2.05, 4.69) is 64.2 Å². The molecule has 0 radical (unpaired) electrons. The summed E-state index contributed by atoms with van der Waals surface area (Å²) in [6, 6.07) is 12.2. The van der Waals surface area contributed by atoms with Gasteiger partial charge in [0.2, 0.25) is 0 Å². The van der Waals surface area contributed by atoms with Crippen molar-refractivity contribution < 1.29 is 14.1 Å². The largest absolute Gasteiger partial charge is 0.450 e. The number of carbonyl (C=O) groups is 1. The highest BCUT2D eigenvalue weighted by Crippen LogP contribution is 2.10. The van der Waals surface area contributed by atoms with Gasteiger partial charge >= 0.3 is 0 Å². The van der Waals surface area contributed by atoms with Gasteiger partial charge in [0.25, 0.3) is 5.91 Å². The zero-order valence-corrected chi connectivity index (χ0v) is 17.5. The number of nitrogens with one attached hydrogen (secondary N) is 2. The smallest absolute Gasteiger partial charge is 0.286 e. The van der Waals surface area contributed by atoms with Gasteiger partial charge in [-0.05, 0) is 51.8 Å². The van der Waals surface area contributed by atoms with Gasteiger partial charge in [-0.2, -0.15) is 0 Å². The van der Waals surface area contributed by atoms with Crippen LogP contribution in [0.1, 0.15) is 74.4 Å². The van der Waals surface area contributed by atoms with Crippen LogP contribution >= 0.6 is 0 Å². The molecule has 2 rings (SSSR count). The van der Waals surface area contributed by atoms with Crippen LogP contribution in [0.2, 0.25) is 0 Å². The molecule has 27 heavy (non-hydrogen) atoms. The number of furan rings is 1. The molecule has 1 aromatic heterocycles. The number of rotatable bonds is 9. The summed E-state index contributed by atoms with van der Waals surface area (Å²) in [6.07, 6.45) is 3.29. The molecule has 0 saturated heterocycles. The summed E-state index contributed by atoms with van der Waals surface area (Å²) in [4.78, 5) is 13.6. The highest BCUT2D eigenvalue weighted by atomic mass is 16.4. The summed E-state index contributed by atoms with van der Waals surface area (Å²) in [7, 11) is 0. The normalized spacial score (nSPS) is 12.8. The Morgan fingerprint density at radius 3 is 2.48 bits per heavy atom. The minimum atomic E-state index is -0.117. The Morgan fingerprint density at radius 1 is 1.07 bits per heavy atom. The van der Waals surface area contributed by atoms with E-state index in [1.165, 1.54) is 16.0 Å². The molecule has 0 aliphatic heterocycles. The topological polar surface area (TPSA) is 46.7 Å². The second kappa shape index (κ2) is 9.75. The van der Waals surface area contributed by atoms with Gasteiger partial charge in [-0.15, -0.1) is 0 Å². The third-order valence-electron chi connectivity index (χ3n) is 5.06. The SMILES string of the molecule is CCCCCNC(=O)c1ccc(C[NH+](Cc2ccccc2C)C(C)(C)C)o1. The van der Waals surface area contributed by atoms with Crippen LogP contribution in [-0.4, -0.2) is 18.0 Å². The van der Waals surface area contributed by atoms with Crippen LogP contribution in [0, 0.1) is 6.92 Å². The van der Waals surface area contributed by atoms with Crippen molar-refractivity contribution in [3.8, 4) is 0 Å². The summed E-state index contributed by atoms with van der Waals surface area (Å²) in [5, 5.41) is 2.94. The lowest BCUT2D eigenvalue weighted by molar-refractivity contribution is -0.973. The number of amides is 1. The van der Waals surface area contributed by atoms with Gasteiger partial charge in [-0.1, -0.05) is 44.0 Å². The molecule has 1 aromatic carbocycles. The van der Waals surface area contributed by atoms with Crippen molar-refractivity contribution in [2.24, 2.45) is 0 Å². The lowest BCUT2D eigenvalue weighted by Crippen LogP contribution is -3.16. The second-order valence-electron chi connectivity index (χ2n) is 8.36. The van der Waals surface area contributed by atoms with Crippen molar-refractivity contribution in [1.82, 2.24) is 5.32 Å². The molecule has 0 spiro atoms. The summed E-state index contributed by atoms with van der Waals surface area (Å²) >= 11 is 0. The lowest BCUT2D eigenvalue weighted by Gasteiger charge is -2.32. The Hall–Kier alpha value is -2.07. The van der Waals surface area contributed by atoms with E-state index < -0.39 is 0 Å². The van der Waals surface area contributed by atoms with Crippen molar-refractivity contribution in [3.05, 3.63) is 59.0 Å². The van der Waals surface area contributed by atoms with E-state index in [1.54, 1.807) is 6.07 Å². The molecule has 0 saturated carbocycles. The molecule has 0 aliphatic rings. The summed E-state index contributed by atoms with van der Waals surface area (Å²) in [5.74, 6) is 1.14. The van der Waals surface area contributed by atoms with Gasteiger partial charge in [-0.25, -0.2) is 0 Å². The molecule has 148 valence electrons. The minimum absolute atomic E-state index is 0.0671. The monoisotopic (exact) mass is 371 g/mol. The first-order valence-electron chi connectivity index (χ1n) is 10.1. The van der Waals surface area contributed by atoms with Crippen LogP contribution in [-0.2, 0) is 13.1 Å². The maximum absolute atomic E-state index is 12.2. The van der Waals surface area contributed by atoms with Gasteiger partial charge in [0, 0.05) is 12.1 Å². The fraction of sp³-hybridized carbons (Fsp3) is 0.522. The quantitative estimate of drug-likeness (QED) is 0.657. The number of hydrogen-bond acceptors (Lipinski definition) is 2. The predicted octanol–water partition coefficient (Wildman–Crippen LogP) is 3.89. The van der Waals surface area contributed by atoms with Crippen LogP contribution in [0.5, 0.6) is 0 Å². The third kappa shape index (κ3) is 6.55. The number of quaternary nitrogens is 1. The van der Waals surface area contributed by atoms with Gasteiger partial charge in [-0.3, -0.25) is 4.79 Å². The van der Waals surface area contributed by atoms with E-state index in [4.69, 9.17) is 4.42 Å². The number of unbranched alkanes of at least 4 members (excludes halogenated alkanes) is 2. The van der Waals surface area contributed by atoms with Crippen LogP contribution < -0.4 is 10.2 Å². The van der Waals surface area contributed by atoms with Crippen molar-refractivity contribution in [2.45, 2.75) is 72.5 Å². The van der Waals surface area contributed by atoms with Crippen molar-refractivity contribution >= 4 is 5.91 Å². The number of hydrogen-bond donors (Lipinski definition) is 2. The van der Waals surface area contributed by atoms with Crippen LogP contribution in [0.3, 0.4) is 0 Å². The van der Waals surface area contributed by atoms with E-state index in [0.29, 0.717) is 12.3 Å². The fourth-order valence-corrected chi connectivity index (χ4v) is 3.10. The molecule has 1 amide bonds. The molecule has 0 bridgehead atoms. The number of aryl methyl sites for hydroxylation is 1. The Morgan fingerprint density at radius 2 is 1.81 bits per heavy atom. The minimum Gasteiger partial charge on any atom is -0.450 e. The Labute approximate surface area is 163 Å². The van der Waals surface area contributed by atoms with Crippen LogP contribution in [0.15, 0.2) is 40.8 Å². The molecule has 1 unspecified atom stereocenters.